The van der Waals surface area contributed by atoms with Gasteiger partial charge in [-0.3, -0.25) is 9.69 Å². The lowest BCUT2D eigenvalue weighted by Gasteiger charge is -2.31. The van der Waals surface area contributed by atoms with E-state index in [0.29, 0.717) is 12.6 Å². The van der Waals surface area contributed by atoms with Crippen molar-refractivity contribution in [3.05, 3.63) is 22.6 Å². The van der Waals surface area contributed by atoms with E-state index in [-0.39, 0.29) is 5.91 Å². The second-order valence-electron chi connectivity index (χ2n) is 4.60. The third-order valence-corrected chi connectivity index (χ3v) is 3.59. The van der Waals surface area contributed by atoms with Crippen LogP contribution in [0.25, 0.3) is 0 Å². The largest absolute Gasteiger partial charge is 0.453 e. The Labute approximate surface area is 115 Å². The molecule has 100 valence electrons. The molecule has 0 saturated carbocycles. The Morgan fingerprint density at radius 3 is 2.78 bits per heavy atom. The summed E-state index contributed by atoms with van der Waals surface area (Å²) in [5, 5.41) is 3.47. The number of carbonyl (C=O) groups excluding carboxylic acids is 1. The van der Waals surface area contributed by atoms with E-state index in [4.69, 9.17) is 10.2 Å². The summed E-state index contributed by atoms with van der Waals surface area (Å²) < 4.78 is 6.19. The Hall–Kier alpha value is -0.850. The number of nitrogens with zero attached hydrogens (tertiary/aromatic N) is 1. The van der Waals surface area contributed by atoms with Gasteiger partial charge in [0.25, 0.3) is 0 Å². The van der Waals surface area contributed by atoms with Gasteiger partial charge in [-0.15, -0.1) is 0 Å². The second kappa shape index (κ2) is 6.36. The maximum atomic E-state index is 10.8. The van der Waals surface area contributed by atoms with Crippen LogP contribution in [0.2, 0.25) is 0 Å². The number of amides is 1. The van der Waals surface area contributed by atoms with E-state index in [1.807, 2.05) is 12.1 Å². The van der Waals surface area contributed by atoms with E-state index in [9.17, 15) is 4.79 Å². The summed E-state index contributed by atoms with van der Waals surface area (Å²) in [6, 6.07) is 4.34. The lowest BCUT2D eigenvalue weighted by atomic mass is 10.1. The van der Waals surface area contributed by atoms with Crippen LogP contribution in [-0.2, 0) is 11.3 Å². The summed E-state index contributed by atoms with van der Waals surface area (Å²) >= 11 is 3.28. The Bertz CT molecular complexity index is 400. The third kappa shape index (κ3) is 4.12. The summed E-state index contributed by atoms with van der Waals surface area (Å²) in [4.78, 5) is 12.9. The molecule has 1 saturated heterocycles. The van der Waals surface area contributed by atoms with Crippen molar-refractivity contribution < 1.29 is 9.21 Å². The molecule has 18 heavy (non-hydrogen) atoms. The molecule has 0 radical (unpaired) electrons. The summed E-state index contributed by atoms with van der Waals surface area (Å²) in [7, 11) is 0. The molecule has 0 atom stereocenters. The molecule has 0 aliphatic carbocycles. The lowest BCUT2D eigenvalue weighted by molar-refractivity contribution is -0.119. The molecule has 1 aromatic rings. The molecule has 0 unspecified atom stereocenters. The van der Waals surface area contributed by atoms with Gasteiger partial charge in [-0.1, -0.05) is 0 Å². The number of hydrogen-bond donors (Lipinski definition) is 2. The Balaban J connectivity index is 1.69. The molecule has 2 heterocycles. The number of nitrogens with two attached hydrogens (primary N) is 1. The molecule has 1 aliphatic rings. The van der Waals surface area contributed by atoms with Crippen molar-refractivity contribution in [1.29, 1.82) is 0 Å². The molecule has 3 N–H and O–H groups in total. The average Bonchev–Trinajstić information content (AvgIpc) is 2.74. The van der Waals surface area contributed by atoms with Gasteiger partial charge in [0.2, 0.25) is 5.91 Å². The van der Waals surface area contributed by atoms with Crippen LogP contribution in [-0.4, -0.2) is 36.5 Å². The maximum Gasteiger partial charge on any atom is 0.231 e. The first-order chi connectivity index (χ1) is 8.63. The zero-order valence-corrected chi connectivity index (χ0v) is 11.8. The number of furan rings is 1. The number of hydrogen-bond acceptors (Lipinski definition) is 4. The van der Waals surface area contributed by atoms with Crippen LogP contribution in [0.5, 0.6) is 0 Å². The molecule has 1 aliphatic heterocycles. The van der Waals surface area contributed by atoms with Crippen molar-refractivity contribution in [3.63, 3.8) is 0 Å². The number of likely N-dealkylation sites (tertiary alicyclic amines) is 1. The highest BCUT2D eigenvalue weighted by Gasteiger charge is 2.19. The molecule has 2 rings (SSSR count). The first-order valence-electron chi connectivity index (χ1n) is 6.12. The van der Waals surface area contributed by atoms with Crippen LogP contribution in [0.3, 0.4) is 0 Å². The molecule has 0 spiro atoms. The van der Waals surface area contributed by atoms with Crippen molar-refractivity contribution in [3.8, 4) is 0 Å². The highest BCUT2D eigenvalue weighted by Crippen LogP contribution is 2.15. The zero-order valence-electron chi connectivity index (χ0n) is 10.2. The Kier molecular flexibility index (Phi) is 4.79. The number of nitrogens with one attached hydrogen (secondary N) is 1. The molecule has 5 nitrogen and oxygen atoms in total. The summed E-state index contributed by atoms with van der Waals surface area (Å²) in [6.45, 7) is 2.95. The predicted molar refractivity (Wildman–Crippen MR) is 71.9 cm³/mol. The lowest BCUT2D eigenvalue weighted by Crippen LogP contribution is -2.45. The minimum absolute atomic E-state index is 0.248. The maximum absolute atomic E-state index is 10.8. The van der Waals surface area contributed by atoms with Crippen LogP contribution >= 0.6 is 15.9 Å². The van der Waals surface area contributed by atoms with Gasteiger partial charge in [0.05, 0.1) is 13.1 Å². The first-order valence-corrected chi connectivity index (χ1v) is 6.91. The van der Waals surface area contributed by atoms with Crippen LogP contribution in [0.4, 0.5) is 0 Å². The van der Waals surface area contributed by atoms with Gasteiger partial charge in [-0.2, -0.15) is 0 Å². The molecule has 1 aromatic heterocycles. The first kappa shape index (κ1) is 13.6. The number of carbonyl (C=O) groups is 1. The van der Waals surface area contributed by atoms with Gasteiger partial charge in [0.15, 0.2) is 4.67 Å². The number of rotatable bonds is 5. The third-order valence-electron chi connectivity index (χ3n) is 3.16. The normalized spacial score (nSPS) is 18.1. The van der Waals surface area contributed by atoms with Crippen LogP contribution in [0.15, 0.2) is 21.2 Å². The monoisotopic (exact) mass is 315 g/mol. The van der Waals surface area contributed by atoms with Crippen LogP contribution < -0.4 is 11.1 Å². The molecule has 0 aromatic carbocycles. The molecule has 6 heteroatoms. The van der Waals surface area contributed by atoms with E-state index < -0.39 is 0 Å². The minimum Gasteiger partial charge on any atom is -0.453 e. The van der Waals surface area contributed by atoms with Gasteiger partial charge in [0, 0.05) is 19.1 Å². The van der Waals surface area contributed by atoms with Crippen molar-refractivity contribution in [1.82, 2.24) is 10.2 Å². The van der Waals surface area contributed by atoms with Crippen molar-refractivity contribution >= 4 is 21.8 Å². The molecular formula is C12H18BrN3O2. The molecular weight excluding hydrogens is 298 g/mol. The topological polar surface area (TPSA) is 71.5 Å². The van der Waals surface area contributed by atoms with E-state index in [1.165, 1.54) is 0 Å². The van der Waals surface area contributed by atoms with Gasteiger partial charge < -0.3 is 15.5 Å². The minimum atomic E-state index is -0.248. The van der Waals surface area contributed by atoms with Crippen molar-refractivity contribution in [2.45, 2.75) is 25.4 Å². The van der Waals surface area contributed by atoms with E-state index in [0.717, 1.165) is 42.9 Å². The summed E-state index contributed by atoms with van der Waals surface area (Å²) in [6.07, 6.45) is 2.07. The Morgan fingerprint density at radius 2 is 2.22 bits per heavy atom. The predicted octanol–water partition coefficient (Wildman–Crippen LogP) is 1.08. The second-order valence-corrected chi connectivity index (χ2v) is 5.39. The van der Waals surface area contributed by atoms with Crippen LogP contribution in [0, 0.1) is 0 Å². The van der Waals surface area contributed by atoms with Gasteiger partial charge in [0.1, 0.15) is 5.76 Å². The quantitative estimate of drug-likeness (QED) is 0.853. The van der Waals surface area contributed by atoms with E-state index in [2.05, 4.69) is 26.1 Å². The molecule has 0 bridgehead atoms. The van der Waals surface area contributed by atoms with E-state index in [1.54, 1.807) is 0 Å². The summed E-state index contributed by atoms with van der Waals surface area (Å²) in [5.74, 6) is 0.684. The summed E-state index contributed by atoms with van der Waals surface area (Å²) in [5.41, 5.74) is 5.18. The van der Waals surface area contributed by atoms with E-state index >= 15 is 0 Å². The number of halogens is 1. The highest BCUT2D eigenvalue weighted by molar-refractivity contribution is 9.10. The van der Waals surface area contributed by atoms with Crippen molar-refractivity contribution in [2.24, 2.45) is 5.73 Å². The fraction of sp³-hybridized carbons (Fsp3) is 0.583. The highest BCUT2D eigenvalue weighted by atomic mass is 79.9. The smallest absolute Gasteiger partial charge is 0.231 e. The molecule has 1 fully saturated rings. The van der Waals surface area contributed by atoms with Crippen molar-refractivity contribution in [2.75, 3.05) is 19.6 Å². The van der Waals surface area contributed by atoms with Crippen LogP contribution in [0.1, 0.15) is 18.6 Å². The fourth-order valence-corrected chi connectivity index (χ4v) is 2.55. The standard InChI is InChI=1S/C12H18BrN3O2/c13-11-2-1-10(18-11)7-15-9-3-5-16(6-4-9)8-12(14)17/h1-2,9,15H,3-8H2,(H2,14,17). The molecule has 1 amide bonds. The Morgan fingerprint density at radius 1 is 1.50 bits per heavy atom. The van der Waals surface area contributed by atoms with Gasteiger partial charge in [-0.05, 0) is 40.9 Å². The van der Waals surface area contributed by atoms with Gasteiger partial charge in [-0.25, -0.2) is 0 Å². The zero-order chi connectivity index (χ0) is 13.0. The van der Waals surface area contributed by atoms with Gasteiger partial charge >= 0.3 is 0 Å². The average molecular weight is 316 g/mol. The fourth-order valence-electron chi connectivity index (χ4n) is 2.21. The number of piperidine rings is 1. The number of primary amides is 1. The SMILES string of the molecule is NC(=O)CN1CCC(NCc2ccc(Br)o2)CC1.